The second kappa shape index (κ2) is 10.2. The first-order valence-corrected chi connectivity index (χ1v) is 7.17. The molecule has 1 saturated heterocycles. The van der Waals surface area contributed by atoms with Crippen LogP contribution in [0.1, 0.15) is 6.42 Å². The Morgan fingerprint density at radius 1 is 1.43 bits per heavy atom. The van der Waals surface area contributed by atoms with E-state index in [1.165, 1.54) is 0 Å². The van der Waals surface area contributed by atoms with Gasteiger partial charge in [-0.05, 0) is 6.42 Å². The summed E-state index contributed by atoms with van der Waals surface area (Å²) in [5, 5.41) is 20.7. The molecule has 0 bridgehead atoms. The second-order valence-electron chi connectivity index (χ2n) is 4.86. The number of nitriles is 1. The third kappa shape index (κ3) is 6.58. The molecule has 1 fully saturated rings. The zero-order valence-electron chi connectivity index (χ0n) is 12.5. The van der Waals surface area contributed by atoms with Crippen molar-refractivity contribution in [1.29, 1.82) is 5.26 Å². The number of β-amino-alcohol motifs (C(OH)–C–C–N with tert-alkyl or cyclic N) is 1. The van der Waals surface area contributed by atoms with Crippen LogP contribution in [0.25, 0.3) is 0 Å². The lowest BCUT2D eigenvalue weighted by atomic mass is 10.2. The number of piperazine rings is 1. The summed E-state index contributed by atoms with van der Waals surface area (Å²) in [4.78, 5) is 16.0. The summed E-state index contributed by atoms with van der Waals surface area (Å²) in [5.41, 5.74) is 0.128. The number of aliphatic hydroxyl groups excluding tert-OH is 1. The molecule has 0 atom stereocenters. The van der Waals surface area contributed by atoms with Crippen LogP contribution < -0.4 is 5.32 Å². The Bertz CT molecular complexity index is 384. The summed E-state index contributed by atoms with van der Waals surface area (Å²) < 4.78 is 4.90. The first-order chi connectivity index (χ1) is 10.2. The number of amides is 1. The molecule has 1 amide bonds. The van der Waals surface area contributed by atoms with Crippen molar-refractivity contribution in [1.82, 2.24) is 15.1 Å². The number of methoxy groups -OCH3 is 1. The first-order valence-electron chi connectivity index (χ1n) is 7.17. The summed E-state index contributed by atoms with van der Waals surface area (Å²) in [6, 6.07) is 1.95. The predicted molar refractivity (Wildman–Crippen MR) is 78.3 cm³/mol. The molecule has 2 N–H and O–H groups in total. The Kier molecular flexibility index (Phi) is 8.43. The Morgan fingerprint density at radius 3 is 2.71 bits per heavy atom. The molecule has 7 nitrogen and oxygen atoms in total. The van der Waals surface area contributed by atoms with Crippen molar-refractivity contribution in [2.75, 3.05) is 59.6 Å². The normalized spacial score (nSPS) is 16.6. The molecule has 0 unspecified atom stereocenters. The Morgan fingerprint density at radius 2 is 2.14 bits per heavy atom. The van der Waals surface area contributed by atoms with Gasteiger partial charge in [0.05, 0.1) is 6.61 Å². The predicted octanol–water partition coefficient (Wildman–Crippen LogP) is -0.844. The number of carbonyl (C=O) groups excluding carboxylic acids is 1. The van der Waals surface area contributed by atoms with Crippen LogP contribution in [0.2, 0.25) is 0 Å². The van der Waals surface area contributed by atoms with E-state index >= 15 is 0 Å². The maximum atomic E-state index is 11.9. The molecule has 0 radical (unpaired) electrons. The molecule has 1 rings (SSSR count). The standard InChI is InChI=1S/C14H24N4O3/c1-21-10-2-3-16-14(20)13(11-15)12-18-6-4-17(5-7-18)8-9-19/h12,19H,2-10H2,1H3,(H,16,20)/b13-12-. The van der Waals surface area contributed by atoms with Crippen molar-refractivity contribution in [3.05, 3.63) is 11.8 Å². The molecule has 0 spiro atoms. The summed E-state index contributed by atoms with van der Waals surface area (Å²) in [6.07, 6.45) is 2.35. The molecule has 21 heavy (non-hydrogen) atoms. The molecule has 1 heterocycles. The largest absolute Gasteiger partial charge is 0.395 e. The zero-order valence-corrected chi connectivity index (χ0v) is 12.5. The van der Waals surface area contributed by atoms with E-state index < -0.39 is 0 Å². The van der Waals surface area contributed by atoms with Crippen LogP contribution in [-0.4, -0.2) is 80.4 Å². The van der Waals surface area contributed by atoms with Crippen molar-refractivity contribution in [2.24, 2.45) is 0 Å². The number of ether oxygens (including phenoxy) is 1. The number of hydrogen-bond donors (Lipinski definition) is 2. The number of rotatable bonds is 8. The second-order valence-corrected chi connectivity index (χ2v) is 4.86. The van der Waals surface area contributed by atoms with Gasteiger partial charge in [-0.2, -0.15) is 5.26 Å². The molecule has 0 aromatic rings. The minimum absolute atomic E-state index is 0.128. The Hall–Kier alpha value is -1.62. The van der Waals surface area contributed by atoms with Crippen molar-refractivity contribution >= 4 is 5.91 Å². The minimum Gasteiger partial charge on any atom is -0.395 e. The van der Waals surface area contributed by atoms with Gasteiger partial charge in [0.1, 0.15) is 11.6 Å². The highest BCUT2D eigenvalue weighted by atomic mass is 16.5. The topological polar surface area (TPSA) is 88.8 Å². The highest BCUT2D eigenvalue weighted by Crippen LogP contribution is 2.04. The zero-order chi connectivity index (χ0) is 15.5. The van der Waals surface area contributed by atoms with Crippen LogP contribution in [0.3, 0.4) is 0 Å². The van der Waals surface area contributed by atoms with Gasteiger partial charge in [-0.3, -0.25) is 9.69 Å². The van der Waals surface area contributed by atoms with Crippen molar-refractivity contribution < 1.29 is 14.6 Å². The third-order valence-electron chi connectivity index (χ3n) is 3.31. The average Bonchev–Trinajstić information content (AvgIpc) is 2.51. The van der Waals surface area contributed by atoms with Gasteiger partial charge in [-0.1, -0.05) is 0 Å². The molecule has 1 aliphatic rings. The van der Waals surface area contributed by atoms with Crippen LogP contribution in [0.15, 0.2) is 11.8 Å². The number of nitrogens with one attached hydrogen (secondary N) is 1. The van der Waals surface area contributed by atoms with E-state index in [-0.39, 0.29) is 18.1 Å². The van der Waals surface area contributed by atoms with Gasteiger partial charge in [0.15, 0.2) is 0 Å². The quantitative estimate of drug-likeness (QED) is 0.345. The van der Waals surface area contributed by atoms with E-state index in [2.05, 4.69) is 10.2 Å². The summed E-state index contributed by atoms with van der Waals surface area (Å²) >= 11 is 0. The average molecular weight is 296 g/mol. The maximum Gasteiger partial charge on any atom is 0.263 e. The van der Waals surface area contributed by atoms with Crippen LogP contribution >= 0.6 is 0 Å². The molecule has 7 heteroatoms. The van der Waals surface area contributed by atoms with Crippen LogP contribution in [0, 0.1) is 11.3 Å². The fourth-order valence-electron chi connectivity index (χ4n) is 2.09. The molecule has 0 saturated carbocycles. The maximum absolute atomic E-state index is 11.9. The van der Waals surface area contributed by atoms with Crippen molar-refractivity contribution in [3.8, 4) is 6.07 Å². The Labute approximate surface area is 125 Å². The molecule has 118 valence electrons. The lowest BCUT2D eigenvalue weighted by molar-refractivity contribution is -0.117. The third-order valence-corrected chi connectivity index (χ3v) is 3.31. The first kappa shape index (κ1) is 17.4. The van der Waals surface area contributed by atoms with Crippen molar-refractivity contribution in [3.63, 3.8) is 0 Å². The van der Waals surface area contributed by atoms with E-state index in [0.29, 0.717) is 19.7 Å². The Balaban J connectivity index is 2.41. The number of hydrogen-bond acceptors (Lipinski definition) is 6. The lowest BCUT2D eigenvalue weighted by Crippen LogP contribution is -2.45. The van der Waals surface area contributed by atoms with Crippen LogP contribution in [-0.2, 0) is 9.53 Å². The van der Waals surface area contributed by atoms with Gasteiger partial charge >= 0.3 is 0 Å². The molecule has 0 aromatic carbocycles. The van der Waals surface area contributed by atoms with Gasteiger partial charge in [0.25, 0.3) is 5.91 Å². The molecule has 1 aliphatic heterocycles. The van der Waals surface area contributed by atoms with Crippen LogP contribution in [0.5, 0.6) is 0 Å². The SMILES string of the molecule is COCCCNC(=O)/C(C#N)=C\N1CCN(CCO)CC1. The lowest BCUT2D eigenvalue weighted by Gasteiger charge is -2.33. The summed E-state index contributed by atoms with van der Waals surface area (Å²) in [7, 11) is 1.61. The molecule has 0 aliphatic carbocycles. The molecule has 0 aromatic heterocycles. The van der Waals surface area contributed by atoms with Gasteiger partial charge in [-0.15, -0.1) is 0 Å². The minimum atomic E-state index is -0.341. The highest BCUT2D eigenvalue weighted by molar-refractivity contribution is 5.97. The fraction of sp³-hybridized carbons (Fsp3) is 0.714. The molecular formula is C14H24N4O3. The number of carbonyl (C=O) groups is 1. The smallest absolute Gasteiger partial charge is 0.263 e. The van der Waals surface area contributed by atoms with E-state index in [0.717, 1.165) is 32.6 Å². The number of nitrogens with zero attached hydrogens (tertiary/aromatic N) is 3. The summed E-state index contributed by atoms with van der Waals surface area (Å²) in [5.74, 6) is -0.341. The fourth-order valence-corrected chi connectivity index (χ4v) is 2.09. The van der Waals surface area contributed by atoms with Gasteiger partial charge in [0.2, 0.25) is 0 Å². The monoisotopic (exact) mass is 296 g/mol. The molecular weight excluding hydrogens is 272 g/mol. The van der Waals surface area contributed by atoms with Gasteiger partial charge in [-0.25, -0.2) is 0 Å². The van der Waals surface area contributed by atoms with E-state index in [4.69, 9.17) is 15.1 Å². The highest BCUT2D eigenvalue weighted by Gasteiger charge is 2.16. The van der Waals surface area contributed by atoms with Crippen molar-refractivity contribution in [2.45, 2.75) is 6.42 Å². The number of aliphatic hydroxyl groups is 1. The van der Waals surface area contributed by atoms with Crippen LogP contribution in [0.4, 0.5) is 0 Å². The van der Waals surface area contributed by atoms with E-state index in [1.54, 1.807) is 13.3 Å². The van der Waals surface area contributed by atoms with E-state index in [9.17, 15) is 4.79 Å². The van der Waals surface area contributed by atoms with E-state index in [1.807, 2.05) is 11.0 Å². The summed E-state index contributed by atoms with van der Waals surface area (Å²) in [6.45, 7) is 5.06. The van der Waals surface area contributed by atoms with Gasteiger partial charge in [0, 0.05) is 59.2 Å². The van der Waals surface area contributed by atoms with Gasteiger partial charge < -0.3 is 20.1 Å².